The van der Waals surface area contributed by atoms with E-state index in [4.69, 9.17) is 0 Å². The number of halogens is 2. The standard InChI is InChI=1S/C27H38F2N6/c1-16-7-12-35(19(4)30-16)27-22-15-23(28)24(25(29)26(22)33(6)31-27)20-8-10-34(11-9-20)21-13-17(2)32(5)18(3)14-21/h15,17-18,20-21,30H,1,4,7-14H2,2-3,5-6H3/t17-,18?,21?/m0/s1. The number of hydrogen-bond acceptors (Lipinski definition) is 5. The van der Waals surface area contributed by atoms with Gasteiger partial charge in [0.05, 0.1) is 5.39 Å². The number of rotatable bonds is 3. The van der Waals surface area contributed by atoms with Crippen molar-refractivity contribution in [2.24, 2.45) is 7.05 Å². The zero-order valence-corrected chi connectivity index (χ0v) is 21.4. The normalized spacial score (nSPS) is 27.6. The number of benzene rings is 1. The van der Waals surface area contributed by atoms with Crippen molar-refractivity contribution in [3.05, 3.63) is 47.9 Å². The van der Waals surface area contributed by atoms with E-state index in [1.165, 1.54) is 10.7 Å². The lowest BCUT2D eigenvalue weighted by Gasteiger charge is -2.46. The molecule has 3 fully saturated rings. The molecular weight excluding hydrogens is 446 g/mol. The molecule has 0 saturated carbocycles. The Kier molecular flexibility index (Phi) is 6.38. The molecule has 0 spiro atoms. The lowest BCUT2D eigenvalue weighted by atomic mass is 9.85. The smallest absolute Gasteiger partial charge is 0.164 e. The van der Waals surface area contributed by atoms with Crippen molar-refractivity contribution in [1.29, 1.82) is 0 Å². The summed E-state index contributed by atoms with van der Waals surface area (Å²) in [4.78, 5) is 6.88. The molecule has 3 saturated heterocycles. The number of nitrogens with zero attached hydrogens (tertiary/aromatic N) is 5. The number of hydrogen-bond donors (Lipinski definition) is 1. The number of aryl methyl sites for hydroxylation is 1. The average molecular weight is 485 g/mol. The van der Waals surface area contributed by atoms with Crippen LogP contribution in [0.4, 0.5) is 14.6 Å². The molecule has 1 N–H and O–H groups in total. The van der Waals surface area contributed by atoms with E-state index >= 15 is 8.78 Å². The molecule has 0 radical (unpaired) electrons. The van der Waals surface area contributed by atoms with Gasteiger partial charge in [-0.25, -0.2) is 8.78 Å². The molecule has 3 atom stereocenters. The average Bonchev–Trinajstić information content (AvgIpc) is 3.13. The number of fused-ring (bicyclic) bond motifs is 1. The summed E-state index contributed by atoms with van der Waals surface area (Å²) < 4.78 is 33.0. The van der Waals surface area contributed by atoms with E-state index in [1.54, 1.807) is 7.05 Å². The van der Waals surface area contributed by atoms with Crippen molar-refractivity contribution in [1.82, 2.24) is 24.9 Å². The van der Waals surface area contributed by atoms with Gasteiger partial charge in [-0.1, -0.05) is 13.2 Å². The Bertz CT molecular complexity index is 1140. The van der Waals surface area contributed by atoms with Crippen LogP contribution >= 0.6 is 0 Å². The maximum Gasteiger partial charge on any atom is 0.164 e. The highest BCUT2D eigenvalue weighted by Crippen LogP contribution is 2.39. The van der Waals surface area contributed by atoms with Crippen molar-refractivity contribution in [3.8, 4) is 0 Å². The predicted octanol–water partition coefficient (Wildman–Crippen LogP) is 4.69. The van der Waals surface area contributed by atoms with E-state index < -0.39 is 11.6 Å². The van der Waals surface area contributed by atoms with Gasteiger partial charge in [-0.15, -0.1) is 0 Å². The molecule has 2 aromatic rings. The molecule has 1 aromatic carbocycles. The van der Waals surface area contributed by atoms with Crippen molar-refractivity contribution < 1.29 is 8.78 Å². The molecule has 0 amide bonds. The Balaban J connectivity index is 1.38. The Morgan fingerprint density at radius 3 is 2.31 bits per heavy atom. The topological polar surface area (TPSA) is 39.6 Å². The Morgan fingerprint density at radius 2 is 1.69 bits per heavy atom. The first-order valence-corrected chi connectivity index (χ1v) is 12.9. The molecule has 3 aliphatic rings. The van der Waals surface area contributed by atoms with Gasteiger partial charge in [0.15, 0.2) is 11.6 Å². The third-order valence-electron chi connectivity index (χ3n) is 8.65. The fraction of sp³-hybridized carbons (Fsp3) is 0.593. The number of aromatic nitrogens is 2. The third-order valence-corrected chi connectivity index (χ3v) is 8.65. The second-order valence-electron chi connectivity index (χ2n) is 10.8. The first-order chi connectivity index (χ1) is 16.7. The largest absolute Gasteiger partial charge is 0.346 e. The van der Waals surface area contributed by atoms with Crippen molar-refractivity contribution in [2.75, 3.05) is 31.6 Å². The highest BCUT2D eigenvalue weighted by molar-refractivity contribution is 5.92. The monoisotopic (exact) mass is 484 g/mol. The van der Waals surface area contributed by atoms with Crippen LogP contribution in [0.1, 0.15) is 57.4 Å². The van der Waals surface area contributed by atoms with Gasteiger partial charge < -0.3 is 20.0 Å². The fourth-order valence-corrected chi connectivity index (χ4v) is 6.38. The molecule has 5 rings (SSSR count). The summed E-state index contributed by atoms with van der Waals surface area (Å²) in [5.74, 6) is 0.0868. The Labute approximate surface area is 207 Å². The molecule has 6 nitrogen and oxygen atoms in total. The second-order valence-corrected chi connectivity index (χ2v) is 10.8. The van der Waals surface area contributed by atoms with Crippen molar-refractivity contribution >= 4 is 16.7 Å². The van der Waals surface area contributed by atoms with Gasteiger partial charge in [0.25, 0.3) is 0 Å². The highest BCUT2D eigenvalue weighted by Gasteiger charge is 2.35. The Morgan fingerprint density at radius 1 is 1.03 bits per heavy atom. The van der Waals surface area contributed by atoms with Gasteiger partial charge in [-0.2, -0.15) is 5.10 Å². The number of nitrogens with one attached hydrogen (secondary N) is 1. The van der Waals surface area contributed by atoms with Crippen LogP contribution in [0.15, 0.2) is 30.7 Å². The Hall–Kier alpha value is -2.45. The van der Waals surface area contributed by atoms with E-state index in [0.717, 1.165) is 44.5 Å². The summed E-state index contributed by atoms with van der Waals surface area (Å²) >= 11 is 0. The quantitative estimate of drug-likeness (QED) is 0.685. The molecule has 1 aromatic heterocycles. The van der Waals surface area contributed by atoms with E-state index in [2.05, 4.69) is 54.3 Å². The van der Waals surface area contributed by atoms with E-state index in [-0.39, 0.29) is 11.5 Å². The lowest BCUT2D eigenvalue weighted by Crippen LogP contribution is -2.52. The zero-order valence-electron chi connectivity index (χ0n) is 21.4. The number of anilines is 1. The summed E-state index contributed by atoms with van der Waals surface area (Å²) in [5, 5.41) is 8.17. The van der Waals surface area contributed by atoms with Crippen LogP contribution < -0.4 is 10.2 Å². The first kappa shape index (κ1) is 24.3. The molecule has 8 heteroatoms. The molecule has 35 heavy (non-hydrogen) atoms. The summed E-state index contributed by atoms with van der Waals surface area (Å²) in [6.07, 6.45) is 4.57. The van der Waals surface area contributed by atoms with Crippen molar-refractivity contribution in [3.63, 3.8) is 0 Å². The van der Waals surface area contributed by atoms with Crippen LogP contribution in [-0.2, 0) is 7.05 Å². The van der Waals surface area contributed by atoms with Crippen LogP contribution in [-0.4, -0.2) is 64.4 Å². The van der Waals surface area contributed by atoms with E-state index in [0.29, 0.717) is 53.6 Å². The molecule has 190 valence electrons. The second kappa shape index (κ2) is 9.21. The van der Waals surface area contributed by atoms with Crippen LogP contribution in [0, 0.1) is 11.6 Å². The van der Waals surface area contributed by atoms with Gasteiger partial charge >= 0.3 is 0 Å². The molecule has 2 unspecified atom stereocenters. The van der Waals surface area contributed by atoms with Gasteiger partial charge in [-0.05, 0) is 71.7 Å². The summed E-state index contributed by atoms with van der Waals surface area (Å²) in [6.45, 7) is 15.0. The third kappa shape index (κ3) is 4.25. The minimum atomic E-state index is -0.471. The SMILES string of the molecule is C=C1CCN(c2nn(C)c3c(F)c(C4CCN(C5CC(C)N(C)[C@@H](C)C5)CC4)c(F)cc23)C(=C)N1. The van der Waals surface area contributed by atoms with Crippen LogP contribution in [0.3, 0.4) is 0 Å². The van der Waals surface area contributed by atoms with Crippen LogP contribution in [0.2, 0.25) is 0 Å². The van der Waals surface area contributed by atoms with E-state index in [9.17, 15) is 0 Å². The molecular formula is C27H38F2N6. The number of likely N-dealkylation sites (tertiary alicyclic amines) is 2. The maximum atomic E-state index is 15.9. The minimum absolute atomic E-state index is 0.120. The summed E-state index contributed by atoms with van der Waals surface area (Å²) in [5.41, 5.74) is 1.46. The van der Waals surface area contributed by atoms with Crippen molar-refractivity contribution in [2.45, 2.75) is 70.0 Å². The predicted molar refractivity (Wildman–Crippen MR) is 137 cm³/mol. The first-order valence-electron chi connectivity index (χ1n) is 12.9. The zero-order chi connectivity index (χ0) is 25.0. The maximum absolute atomic E-state index is 15.9. The fourth-order valence-electron chi connectivity index (χ4n) is 6.38. The molecule has 0 aliphatic carbocycles. The van der Waals surface area contributed by atoms with Gasteiger partial charge in [0, 0.05) is 49.4 Å². The van der Waals surface area contributed by atoms with Gasteiger partial charge in [0.1, 0.15) is 17.2 Å². The highest BCUT2D eigenvalue weighted by atomic mass is 19.1. The minimum Gasteiger partial charge on any atom is -0.346 e. The molecule has 3 aliphatic heterocycles. The lowest BCUT2D eigenvalue weighted by molar-refractivity contribution is 0.0402. The molecule has 4 heterocycles. The van der Waals surface area contributed by atoms with Crippen LogP contribution in [0.25, 0.3) is 10.9 Å². The summed E-state index contributed by atoms with van der Waals surface area (Å²) in [6, 6.07) is 3.14. The van der Waals surface area contributed by atoms with E-state index in [1.807, 2.05) is 4.90 Å². The summed E-state index contributed by atoms with van der Waals surface area (Å²) in [7, 11) is 3.93. The van der Waals surface area contributed by atoms with Gasteiger partial charge in [0.2, 0.25) is 0 Å². The van der Waals surface area contributed by atoms with Crippen LogP contribution in [0.5, 0.6) is 0 Å². The molecule has 0 bridgehead atoms. The van der Waals surface area contributed by atoms with Gasteiger partial charge in [-0.3, -0.25) is 4.68 Å². The number of piperidine rings is 2.